The second-order valence-electron chi connectivity index (χ2n) is 5.81. The molecule has 0 saturated heterocycles. The van der Waals surface area contributed by atoms with E-state index in [0.29, 0.717) is 34.9 Å². The van der Waals surface area contributed by atoms with E-state index in [1.54, 1.807) is 0 Å². The van der Waals surface area contributed by atoms with E-state index >= 15 is 0 Å². The molecule has 0 fully saturated rings. The molecule has 0 radical (unpaired) electrons. The van der Waals surface area contributed by atoms with Crippen molar-refractivity contribution in [1.82, 2.24) is 25.1 Å². The van der Waals surface area contributed by atoms with Gasteiger partial charge in [0.05, 0.1) is 5.56 Å². The number of hydrogen-bond acceptors (Lipinski definition) is 5. The summed E-state index contributed by atoms with van der Waals surface area (Å²) in [5, 5.41) is 11.4. The van der Waals surface area contributed by atoms with Crippen LogP contribution in [-0.2, 0) is 19.1 Å². The summed E-state index contributed by atoms with van der Waals surface area (Å²) < 4.78 is 40.9. The third-order valence-corrected chi connectivity index (χ3v) is 5.16. The number of carbonyl (C=O) groups excluding carboxylic acids is 1. The molecule has 0 atom stereocenters. The maximum absolute atomic E-state index is 12.9. The number of halogens is 3. The number of hydrogen-bond donors (Lipinski definition) is 2. The zero-order chi connectivity index (χ0) is 20.3. The second-order valence-corrected chi connectivity index (χ2v) is 7.06. The number of aromatic amines is 1. The van der Waals surface area contributed by atoms with E-state index in [4.69, 9.17) is 12.2 Å². The lowest BCUT2D eigenvalue weighted by Crippen LogP contribution is -2.26. The van der Waals surface area contributed by atoms with Crippen LogP contribution in [0.5, 0.6) is 0 Å². The first kappa shape index (κ1) is 20.2. The third-order valence-electron chi connectivity index (χ3n) is 3.96. The summed E-state index contributed by atoms with van der Waals surface area (Å²) in [7, 11) is 0. The molecule has 0 bridgehead atoms. The zero-order valence-corrected chi connectivity index (χ0v) is 16.3. The predicted molar refractivity (Wildman–Crippen MR) is 102 cm³/mol. The van der Waals surface area contributed by atoms with Gasteiger partial charge in [-0.25, -0.2) is 4.98 Å². The van der Waals surface area contributed by atoms with Gasteiger partial charge in [0.2, 0.25) is 0 Å². The number of thiazole rings is 1. The van der Waals surface area contributed by atoms with Crippen LogP contribution >= 0.6 is 23.6 Å². The summed E-state index contributed by atoms with van der Waals surface area (Å²) in [6, 6.07) is 4.87. The molecule has 3 rings (SSSR count). The molecular formula is C17H16F3N5OS2. The number of rotatable bonds is 6. The molecule has 2 N–H and O–H groups in total. The van der Waals surface area contributed by atoms with Crippen LogP contribution in [-0.4, -0.2) is 32.2 Å². The largest absolute Gasteiger partial charge is 0.416 e. The SMILES string of the molecule is CCn1c(CCNC(=O)c2csc(-c3cccc(C(F)(F)F)c3)n2)n[nH]c1=S. The number of aromatic nitrogens is 4. The number of H-pyrrole nitrogens is 1. The Hall–Kier alpha value is -2.53. The van der Waals surface area contributed by atoms with Gasteiger partial charge in [0.1, 0.15) is 16.5 Å². The quantitative estimate of drug-likeness (QED) is 0.582. The van der Waals surface area contributed by atoms with Gasteiger partial charge in [-0.15, -0.1) is 11.3 Å². The minimum Gasteiger partial charge on any atom is -0.350 e. The summed E-state index contributed by atoms with van der Waals surface area (Å²) >= 11 is 6.23. The summed E-state index contributed by atoms with van der Waals surface area (Å²) in [6.45, 7) is 2.94. The number of alkyl halides is 3. The van der Waals surface area contributed by atoms with Gasteiger partial charge in [0.15, 0.2) is 4.77 Å². The third kappa shape index (κ3) is 4.47. The molecule has 2 aromatic heterocycles. The van der Waals surface area contributed by atoms with Gasteiger partial charge in [-0.2, -0.15) is 18.3 Å². The minimum atomic E-state index is -4.43. The van der Waals surface area contributed by atoms with Crippen LogP contribution in [0.3, 0.4) is 0 Å². The van der Waals surface area contributed by atoms with Crippen LogP contribution in [0.4, 0.5) is 13.2 Å². The Morgan fingerprint density at radius 3 is 2.89 bits per heavy atom. The number of amides is 1. The average Bonchev–Trinajstić information content (AvgIpc) is 3.28. The Labute approximate surface area is 167 Å². The highest BCUT2D eigenvalue weighted by Crippen LogP contribution is 2.33. The normalized spacial score (nSPS) is 11.6. The van der Waals surface area contributed by atoms with E-state index in [-0.39, 0.29) is 5.69 Å². The van der Waals surface area contributed by atoms with Gasteiger partial charge in [-0.1, -0.05) is 12.1 Å². The summed E-state index contributed by atoms with van der Waals surface area (Å²) in [4.78, 5) is 16.4. The summed E-state index contributed by atoms with van der Waals surface area (Å²) in [6.07, 6.45) is -3.95. The molecule has 1 amide bonds. The van der Waals surface area contributed by atoms with E-state index in [0.717, 1.165) is 29.3 Å². The molecule has 0 aliphatic carbocycles. The topological polar surface area (TPSA) is 75.6 Å². The fourth-order valence-corrected chi connectivity index (χ4v) is 3.66. The fourth-order valence-electron chi connectivity index (χ4n) is 2.58. The van der Waals surface area contributed by atoms with Gasteiger partial charge in [0.25, 0.3) is 5.91 Å². The smallest absolute Gasteiger partial charge is 0.350 e. The molecule has 28 heavy (non-hydrogen) atoms. The predicted octanol–water partition coefficient (Wildman–Crippen LogP) is 4.08. The van der Waals surface area contributed by atoms with E-state index in [2.05, 4.69) is 20.5 Å². The highest BCUT2D eigenvalue weighted by atomic mass is 32.1. The molecule has 0 aliphatic rings. The lowest BCUT2D eigenvalue weighted by molar-refractivity contribution is -0.137. The van der Waals surface area contributed by atoms with Crippen molar-refractivity contribution in [2.45, 2.75) is 26.1 Å². The number of carbonyl (C=O) groups is 1. The molecule has 11 heteroatoms. The van der Waals surface area contributed by atoms with Crippen molar-refractivity contribution in [1.29, 1.82) is 0 Å². The van der Waals surface area contributed by atoms with Gasteiger partial charge in [0, 0.05) is 30.5 Å². The first-order valence-corrected chi connectivity index (χ1v) is 9.64. The van der Waals surface area contributed by atoms with Gasteiger partial charge >= 0.3 is 6.18 Å². The van der Waals surface area contributed by atoms with Crippen molar-refractivity contribution in [2.75, 3.05) is 6.54 Å². The van der Waals surface area contributed by atoms with Crippen LogP contribution in [0.15, 0.2) is 29.6 Å². The molecule has 2 heterocycles. The van der Waals surface area contributed by atoms with Crippen LogP contribution in [0.2, 0.25) is 0 Å². The highest BCUT2D eigenvalue weighted by Gasteiger charge is 2.30. The van der Waals surface area contributed by atoms with Crippen LogP contribution < -0.4 is 5.32 Å². The van der Waals surface area contributed by atoms with Gasteiger partial charge in [-0.05, 0) is 31.3 Å². The monoisotopic (exact) mass is 427 g/mol. The molecule has 0 spiro atoms. The summed E-state index contributed by atoms with van der Waals surface area (Å²) in [5.74, 6) is 0.336. The Morgan fingerprint density at radius 1 is 1.39 bits per heavy atom. The standard InChI is InChI=1S/C17H16F3N5OS2/c1-2-25-13(23-24-16(25)27)6-7-21-14(26)12-9-28-15(22-12)10-4-3-5-11(8-10)17(18,19)20/h3-5,8-9H,2,6-7H2,1H3,(H,21,26)(H,24,27). The fraction of sp³-hybridized carbons (Fsp3) is 0.294. The van der Waals surface area contributed by atoms with Crippen molar-refractivity contribution in [2.24, 2.45) is 0 Å². The molecule has 0 aliphatic heterocycles. The lowest BCUT2D eigenvalue weighted by Gasteiger charge is -2.07. The number of benzene rings is 1. The lowest BCUT2D eigenvalue weighted by atomic mass is 10.1. The maximum Gasteiger partial charge on any atom is 0.416 e. The number of nitrogens with one attached hydrogen (secondary N) is 2. The zero-order valence-electron chi connectivity index (χ0n) is 14.7. The maximum atomic E-state index is 12.9. The van der Waals surface area contributed by atoms with Crippen molar-refractivity contribution >= 4 is 29.5 Å². The van der Waals surface area contributed by atoms with Crippen molar-refractivity contribution < 1.29 is 18.0 Å². The first-order chi connectivity index (χ1) is 13.3. The number of nitrogens with zero attached hydrogens (tertiary/aromatic N) is 3. The summed E-state index contributed by atoms with van der Waals surface area (Å²) in [5.41, 5.74) is -0.278. The van der Waals surface area contributed by atoms with Crippen LogP contribution in [0, 0.1) is 4.77 Å². The Balaban J connectivity index is 1.65. The van der Waals surface area contributed by atoms with Crippen LogP contribution in [0.25, 0.3) is 10.6 Å². The second kappa shape index (κ2) is 8.23. The molecule has 0 saturated carbocycles. The minimum absolute atomic E-state index is 0.159. The van der Waals surface area contributed by atoms with Crippen molar-refractivity contribution in [3.05, 3.63) is 51.5 Å². The Bertz CT molecular complexity index is 1040. The molecule has 148 valence electrons. The van der Waals surface area contributed by atoms with E-state index in [9.17, 15) is 18.0 Å². The van der Waals surface area contributed by atoms with Gasteiger partial charge < -0.3 is 9.88 Å². The van der Waals surface area contributed by atoms with E-state index in [1.165, 1.54) is 17.5 Å². The first-order valence-electron chi connectivity index (χ1n) is 8.35. The Morgan fingerprint density at radius 2 is 2.18 bits per heavy atom. The van der Waals surface area contributed by atoms with Crippen molar-refractivity contribution in [3.8, 4) is 10.6 Å². The Kier molecular flexibility index (Phi) is 5.94. The average molecular weight is 427 g/mol. The van der Waals surface area contributed by atoms with E-state index < -0.39 is 17.6 Å². The molecular weight excluding hydrogens is 411 g/mol. The van der Waals surface area contributed by atoms with Gasteiger partial charge in [-0.3, -0.25) is 9.89 Å². The van der Waals surface area contributed by atoms with Crippen molar-refractivity contribution in [3.63, 3.8) is 0 Å². The molecule has 0 unspecified atom stereocenters. The highest BCUT2D eigenvalue weighted by molar-refractivity contribution is 7.71. The van der Waals surface area contributed by atoms with Crippen LogP contribution in [0.1, 0.15) is 28.8 Å². The molecule has 1 aromatic carbocycles. The molecule has 6 nitrogen and oxygen atoms in total. The van der Waals surface area contributed by atoms with E-state index in [1.807, 2.05) is 11.5 Å². The molecule has 3 aromatic rings.